The molecule has 1 amide bonds. The van der Waals surface area contributed by atoms with Gasteiger partial charge in [0.2, 0.25) is 0 Å². The maximum atomic E-state index is 14.6. The normalized spacial score (nSPS) is 14.6. The van der Waals surface area contributed by atoms with Gasteiger partial charge < -0.3 is 15.5 Å². The number of hydrogen-bond donors (Lipinski definition) is 2. The predicted octanol–water partition coefficient (Wildman–Crippen LogP) is 6.34. The van der Waals surface area contributed by atoms with Crippen LogP contribution in [0.2, 0.25) is 0 Å². The molecule has 0 aromatic heterocycles. The molecule has 0 aliphatic carbocycles. The number of nitrogens with one attached hydrogen (secondary N) is 2. The molecule has 35 heavy (non-hydrogen) atoms. The summed E-state index contributed by atoms with van der Waals surface area (Å²) in [6, 6.07) is 12.4. The summed E-state index contributed by atoms with van der Waals surface area (Å²) < 4.78 is 14.6. The number of amidine groups is 1. The van der Waals surface area contributed by atoms with E-state index in [-0.39, 0.29) is 20.6 Å². The van der Waals surface area contributed by atoms with Crippen molar-refractivity contribution in [2.24, 2.45) is 4.99 Å². The van der Waals surface area contributed by atoms with Crippen molar-refractivity contribution >= 4 is 23.1 Å². The molecular weight excluding hydrogens is 439 g/mol. The molecule has 5 nitrogen and oxygen atoms in total. The van der Waals surface area contributed by atoms with Gasteiger partial charge in [0.05, 0.1) is 17.4 Å². The fraction of sp³-hybridized carbons (Fsp3) is 0.345. The van der Waals surface area contributed by atoms with Crippen molar-refractivity contribution in [1.82, 2.24) is 10.6 Å². The van der Waals surface area contributed by atoms with Crippen LogP contribution in [0.4, 0.5) is 10.1 Å². The zero-order chi connectivity index (χ0) is 25.4. The number of aliphatic imine (C=N–C) groups is 1. The maximum Gasteiger partial charge on any atom is 0.251 e. The first-order chi connectivity index (χ1) is 16.9. The lowest BCUT2D eigenvalue weighted by atomic mass is 10.1. The average molecular weight is 479 g/mol. The third-order valence-electron chi connectivity index (χ3n) is 5.89. The van der Waals surface area contributed by atoms with E-state index in [0.29, 0.717) is 29.9 Å². The summed E-state index contributed by atoms with van der Waals surface area (Å²) in [5.41, 5.74) is 7.37. The Morgan fingerprint density at radius 2 is 1.97 bits per heavy atom. The second-order valence-corrected chi connectivity index (χ2v) is 8.70. The Bertz CT molecular complexity index is 1170. The minimum Gasteiger partial charge on any atom is -0.374 e. The second kappa shape index (κ2) is 12.2. The molecule has 0 fully saturated rings. The Balaban J connectivity index is 0.00000131. The molecule has 4 rings (SSSR count). The highest BCUT2D eigenvalue weighted by Gasteiger charge is 2.23. The first kappa shape index (κ1) is 26.0. The molecule has 0 saturated carbocycles. The van der Waals surface area contributed by atoms with Crippen molar-refractivity contribution in [3.63, 3.8) is 0 Å². The second-order valence-electron chi connectivity index (χ2n) is 8.70. The fourth-order valence-electron chi connectivity index (χ4n) is 4.07. The average Bonchev–Trinajstić information content (AvgIpc) is 3.49. The van der Waals surface area contributed by atoms with Gasteiger partial charge in [0.25, 0.3) is 5.91 Å². The van der Waals surface area contributed by atoms with E-state index < -0.39 is 0 Å². The van der Waals surface area contributed by atoms with Gasteiger partial charge in [0, 0.05) is 45.2 Å². The number of halogens is 1. The minimum atomic E-state index is -0.280. The third kappa shape index (κ3) is 6.28. The number of benzene rings is 2. The number of carbonyl (C=O) groups excluding carboxylic acids is 1. The largest absolute Gasteiger partial charge is 0.374 e. The van der Waals surface area contributed by atoms with Crippen LogP contribution in [-0.2, 0) is 6.42 Å². The molecule has 188 valence electrons. The first-order valence-electron chi connectivity index (χ1n) is 12.3. The number of fused-ring (bicyclic) bond motifs is 1. The Morgan fingerprint density at radius 1 is 1.26 bits per heavy atom. The summed E-state index contributed by atoms with van der Waals surface area (Å²) >= 11 is 0. The SMILES string of the molecule is C=C=C(NC1=NC(c2cc(F)c3c(c2)N(C)CC3)=CC1)[C@H](CC)NC(=O)c1ccccc1.CCC.[HH].[HH]. The Kier molecular flexibility index (Phi) is 9.04. The number of rotatable bonds is 6. The van der Waals surface area contributed by atoms with E-state index in [9.17, 15) is 9.18 Å². The van der Waals surface area contributed by atoms with Crippen LogP contribution >= 0.6 is 0 Å². The number of anilines is 1. The molecule has 2 heterocycles. The molecule has 0 saturated heterocycles. The third-order valence-corrected chi connectivity index (χ3v) is 5.89. The van der Waals surface area contributed by atoms with E-state index in [1.54, 1.807) is 18.2 Å². The number of nitrogens with zero attached hydrogens (tertiary/aromatic N) is 2. The number of carbonyl (C=O) groups is 1. The molecule has 1 atom stereocenters. The van der Waals surface area contributed by atoms with Gasteiger partial charge in [-0.25, -0.2) is 9.38 Å². The summed E-state index contributed by atoms with van der Waals surface area (Å²) in [5.74, 6) is 0.380. The zero-order valence-electron chi connectivity index (χ0n) is 21.1. The summed E-state index contributed by atoms with van der Waals surface area (Å²) in [7, 11) is 1.98. The van der Waals surface area contributed by atoms with Crippen LogP contribution in [0.5, 0.6) is 0 Å². The van der Waals surface area contributed by atoms with E-state index in [4.69, 9.17) is 0 Å². The van der Waals surface area contributed by atoms with E-state index in [2.05, 4.69) is 46.7 Å². The molecule has 6 heteroatoms. The molecule has 2 aliphatic rings. The zero-order valence-corrected chi connectivity index (χ0v) is 21.1. The molecule has 2 aliphatic heterocycles. The van der Waals surface area contributed by atoms with Crippen molar-refractivity contribution in [2.75, 3.05) is 18.5 Å². The van der Waals surface area contributed by atoms with Gasteiger partial charge in [-0.3, -0.25) is 4.79 Å². The molecule has 0 radical (unpaired) electrons. The van der Waals surface area contributed by atoms with Crippen LogP contribution < -0.4 is 15.5 Å². The lowest BCUT2D eigenvalue weighted by Gasteiger charge is -2.20. The van der Waals surface area contributed by atoms with Gasteiger partial charge in [0.15, 0.2) is 0 Å². The van der Waals surface area contributed by atoms with Crippen LogP contribution in [0.25, 0.3) is 5.70 Å². The first-order valence-corrected chi connectivity index (χ1v) is 12.3. The molecule has 0 unspecified atom stereocenters. The van der Waals surface area contributed by atoms with Crippen molar-refractivity contribution in [1.29, 1.82) is 0 Å². The standard InChI is InChI=1S/C26H27FN4O.C3H8.2H2/c1-4-21(22(5-2)30-26(32)17-9-7-6-8-10-17)28-25-12-11-23(29-25)18-15-20(27)19-13-14-31(3)24(19)16-18;1-3-2;;/h6-11,15-16,22H,1,5,12-14H2,2-3H3,(H,28,29)(H,30,32);3H2,1-2H3;2*1H/t22-;;;/m0.../s1. The Labute approximate surface area is 211 Å². The topological polar surface area (TPSA) is 56.7 Å². The van der Waals surface area contributed by atoms with Crippen molar-refractivity contribution < 1.29 is 12.0 Å². The van der Waals surface area contributed by atoms with Gasteiger partial charge in [-0.05, 0) is 37.1 Å². The van der Waals surface area contributed by atoms with E-state index in [1.807, 2.05) is 44.3 Å². The Morgan fingerprint density at radius 3 is 2.63 bits per heavy atom. The molecule has 0 bridgehead atoms. The van der Waals surface area contributed by atoms with Crippen molar-refractivity contribution in [2.45, 2.75) is 52.5 Å². The lowest BCUT2D eigenvalue weighted by molar-refractivity contribution is 0.0941. The highest BCUT2D eigenvalue weighted by Crippen LogP contribution is 2.34. The Hall–Kier alpha value is -3.63. The van der Waals surface area contributed by atoms with Crippen molar-refractivity contribution in [3.05, 3.63) is 89.1 Å². The fourth-order valence-corrected chi connectivity index (χ4v) is 4.07. The monoisotopic (exact) mass is 478 g/mol. The number of likely N-dealkylation sites (N-methyl/N-ethyl adjacent to an activating group) is 1. The van der Waals surface area contributed by atoms with E-state index in [1.165, 1.54) is 6.42 Å². The van der Waals surface area contributed by atoms with Crippen LogP contribution in [-0.4, -0.2) is 31.4 Å². The van der Waals surface area contributed by atoms with Crippen molar-refractivity contribution in [3.8, 4) is 0 Å². The van der Waals surface area contributed by atoms with E-state index in [0.717, 1.165) is 35.5 Å². The number of amides is 1. The van der Waals surface area contributed by atoms with Gasteiger partial charge in [-0.1, -0.05) is 58.0 Å². The molecule has 2 N–H and O–H groups in total. The van der Waals surface area contributed by atoms with Crippen LogP contribution in [0, 0.1) is 5.82 Å². The van der Waals surface area contributed by atoms with Crippen LogP contribution in [0.1, 0.15) is 64.4 Å². The highest BCUT2D eigenvalue weighted by atomic mass is 19.1. The molecule has 0 spiro atoms. The maximum absolute atomic E-state index is 14.6. The minimum absolute atomic E-state index is 0. The predicted molar refractivity (Wildman–Crippen MR) is 147 cm³/mol. The summed E-state index contributed by atoms with van der Waals surface area (Å²) in [4.78, 5) is 19.3. The summed E-state index contributed by atoms with van der Waals surface area (Å²) in [6.45, 7) is 10.8. The van der Waals surface area contributed by atoms with Gasteiger partial charge in [-0.2, -0.15) is 0 Å². The lowest BCUT2D eigenvalue weighted by Crippen LogP contribution is -2.41. The van der Waals surface area contributed by atoms with Gasteiger partial charge >= 0.3 is 0 Å². The molecule has 2 aromatic rings. The molecule has 2 aromatic carbocycles. The van der Waals surface area contributed by atoms with Crippen LogP contribution in [0.15, 0.2) is 71.5 Å². The molecular formula is C29H39FN4O. The van der Waals surface area contributed by atoms with E-state index >= 15 is 0 Å². The summed E-state index contributed by atoms with van der Waals surface area (Å²) in [6.07, 6.45) is 5.20. The quantitative estimate of drug-likeness (QED) is 0.477. The van der Waals surface area contributed by atoms with Crippen LogP contribution in [0.3, 0.4) is 0 Å². The summed E-state index contributed by atoms with van der Waals surface area (Å²) in [5, 5.41) is 6.29. The smallest absolute Gasteiger partial charge is 0.251 e. The number of hydrogen-bond acceptors (Lipinski definition) is 4. The highest BCUT2D eigenvalue weighted by molar-refractivity contribution is 5.96. The van der Waals surface area contributed by atoms with Gasteiger partial charge in [-0.15, -0.1) is 5.73 Å². The van der Waals surface area contributed by atoms with Gasteiger partial charge in [0.1, 0.15) is 11.7 Å².